The number of aromatic nitrogens is 2. The van der Waals surface area contributed by atoms with Crippen LogP contribution >= 0.6 is 0 Å². The summed E-state index contributed by atoms with van der Waals surface area (Å²) in [5.41, 5.74) is 11.5. The molecule has 1 fully saturated rings. The average molecular weight is 520 g/mol. The van der Waals surface area contributed by atoms with Crippen LogP contribution in [-0.2, 0) is 6.54 Å². The lowest BCUT2D eigenvalue weighted by Gasteiger charge is -2.33. The number of anilines is 3. The van der Waals surface area contributed by atoms with Gasteiger partial charge in [0.05, 0.1) is 17.4 Å². The van der Waals surface area contributed by atoms with Gasteiger partial charge >= 0.3 is 0 Å². The number of nitriles is 1. The molecule has 3 N–H and O–H groups in total. The molecular weight excluding hydrogens is 486 g/mol. The lowest BCUT2D eigenvalue weighted by atomic mass is 10.0. The summed E-state index contributed by atoms with van der Waals surface area (Å²) in [5.74, 6) is 1.98. The smallest absolute Gasteiger partial charge is 0.159 e. The Hall–Kier alpha value is -4.55. The van der Waals surface area contributed by atoms with Crippen LogP contribution in [0.1, 0.15) is 43.0 Å². The van der Waals surface area contributed by atoms with E-state index < -0.39 is 0 Å². The van der Waals surface area contributed by atoms with Gasteiger partial charge in [0, 0.05) is 44.6 Å². The number of aliphatic imine (C=N–C) groups is 2. The van der Waals surface area contributed by atoms with Crippen LogP contribution in [0.5, 0.6) is 0 Å². The minimum atomic E-state index is 0.406. The summed E-state index contributed by atoms with van der Waals surface area (Å²) in [6, 6.07) is 18.6. The Bertz CT molecular complexity index is 1420. The molecule has 0 unspecified atom stereocenters. The number of likely N-dealkylation sites (tertiary alicyclic amines) is 1. The molecule has 5 rings (SSSR count). The van der Waals surface area contributed by atoms with Crippen molar-refractivity contribution >= 4 is 28.9 Å². The summed E-state index contributed by atoms with van der Waals surface area (Å²) in [6.07, 6.45) is 8.48. The summed E-state index contributed by atoms with van der Waals surface area (Å²) in [5, 5.41) is 12.5. The van der Waals surface area contributed by atoms with Gasteiger partial charge in [-0.3, -0.25) is 14.8 Å². The number of nitrogens with two attached hydrogens (primary N) is 1. The molecule has 2 aromatic heterocycles. The van der Waals surface area contributed by atoms with Crippen LogP contribution in [0, 0.1) is 11.3 Å². The molecule has 0 saturated carbocycles. The number of pyridine rings is 2. The normalized spacial score (nSPS) is 18.4. The van der Waals surface area contributed by atoms with Gasteiger partial charge in [0.15, 0.2) is 11.7 Å². The molecule has 2 aliphatic rings. The molecule has 9 heteroatoms. The molecule has 3 aromatic rings. The van der Waals surface area contributed by atoms with E-state index in [0.717, 1.165) is 73.2 Å². The van der Waals surface area contributed by atoms with Crippen LogP contribution in [0.4, 0.5) is 17.2 Å². The molecule has 4 heterocycles. The molecule has 1 saturated heterocycles. The minimum Gasteiger partial charge on any atom is -0.383 e. The van der Waals surface area contributed by atoms with Crippen LogP contribution in [0.3, 0.4) is 0 Å². The van der Waals surface area contributed by atoms with Crippen molar-refractivity contribution in [2.75, 3.05) is 36.1 Å². The molecule has 1 aromatic carbocycles. The van der Waals surface area contributed by atoms with E-state index in [1.807, 2.05) is 18.2 Å². The maximum Gasteiger partial charge on any atom is 0.159 e. The first-order chi connectivity index (χ1) is 19.1. The molecule has 198 valence electrons. The number of rotatable bonds is 7. The molecule has 0 amide bonds. The van der Waals surface area contributed by atoms with E-state index in [9.17, 15) is 0 Å². The van der Waals surface area contributed by atoms with E-state index in [2.05, 4.69) is 73.4 Å². The van der Waals surface area contributed by atoms with Gasteiger partial charge in [-0.15, -0.1) is 0 Å². The fourth-order valence-corrected chi connectivity index (χ4v) is 5.03. The summed E-state index contributed by atoms with van der Waals surface area (Å²) in [6.45, 7) is 5.03. The number of allylic oxidation sites excluding steroid dienone is 1. The van der Waals surface area contributed by atoms with Crippen LogP contribution in [0.25, 0.3) is 0 Å². The van der Waals surface area contributed by atoms with E-state index in [0.29, 0.717) is 17.6 Å². The summed E-state index contributed by atoms with van der Waals surface area (Å²) >= 11 is 0. The van der Waals surface area contributed by atoms with Crippen molar-refractivity contribution in [1.82, 2.24) is 14.9 Å². The van der Waals surface area contributed by atoms with E-state index in [-0.39, 0.29) is 0 Å². The molecular formula is C30H33N9. The van der Waals surface area contributed by atoms with Gasteiger partial charge in [0.25, 0.3) is 0 Å². The van der Waals surface area contributed by atoms with Crippen molar-refractivity contribution in [3.8, 4) is 6.07 Å². The Morgan fingerprint density at radius 1 is 1.13 bits per heavy atom. The number of hydrogen-bond donors (Lipinski definition) is 2. The molecule has 0 spiro atoms. The van der Waals surface area contributed by atoms with Gasteiger partial charge in [0.1, 0.15) is 23.3 Å². The second-order valence-corrected chi connectivity index (χ2v) is 9.66. The van der Waals surface area contributed by atoms with Gasteiger partial charge in [-0.1, -0.05) is 25.1 Å². The molecule has 9 nitrogen and oxygen atoms in total. The van der Waals surface area contributed by atoms with Crippen LogP contribution in [0.15, 0.2) is 82.7 Å². The number of amidine groups is 2. The molecule has 0 bridgehead atoms. The standard InChI is InChI=1S/C30H33N9/c1-3-5-27-30(33-2)39(29(37-27)26-6-4-15-34-28(26)32)25-11-7-21(8-12-25)20-38-16-13-22(14-17-38)36-24-10-9-23(18-31)35-19-24/h4-12,15,19,22,36H,3,13-14,16-17,20H2,1-2H3,(H2,32,34)/b27-5+,33-30?. The third-order valence-corrected chi connectivity index (χ3v) is 7.00. The third-order valence-electron chi connectivity index (χ3n) is 7.00. The Balaban J connectivity index is 1.25. The summed E-state index contributed by atoms with van der Waals surface area (Å²) in [7, 11) is 1.79. The number of benzene rings is 1. The highest BCUT2D eigenvalue weighted by Gasteiger charge is 2.31. The first-order valence-corrected chi connectivity index (χ1v) is 13.3. The van der Waals surface area contributed by atoms with Crippen LogP contribution < -0.4 is 16.0 Å². The molecule has 39 heavy (non-hydrogen) atoms. The zero-order valence-corrected chi connectivity index (χ0v) is 22.4. The Morgan fingerprint density at radius 2 is 1.92 bits per heavy atom. The number of nitrogen functional groups attached to an aromatic ring is 1. The van der Waals surface area contributed by atoms with Crippen molar-refractivity contribution in [2.24, 2.45) is 9.98 Å². The highest BCUT2D eigenvalue weighted by Crippen LogP contribution is 2.30. The second-order valence-electron chi connectivity index (χ2n) is 9.66. The predicted molar refractivity (Wildman–Crippen MR) is 157 cm³/mol. The van der Waals surface area contributed by atoms with Gasteiger partial charge in [0.2, 0.25) is 0 Å². The Labute approximate surface area is 229 Å². The van der Waals surface area contributed by atoms with E-state index in [1.54, 1.807) is 25.5 Å². The topological polar surface area (TPSA) is 119 Å². The third kappa shape index (κ3) is 5.81. The molecule has 0 radical (unpaired) electrons. The summed E-state index contributed by atoms with van der Waals surface area (Å²) in [4.78, 5) is 22.5. The van der Waals surface area contributed by atoms with Crippen molar-refractivity contribution in [2.45, 2.75) is 38.8 Å². The highest BCUT2D eigenvalue weighted by atomic mass is 15.3. The largest absolute Gasteiger partial charge is 0.383 e. The van der Waals surface area contributed by atoms with Gasteiger partial charge in [-0.25, -0.2) is 15.0 Å². The summed E-state index contributed by atoms with van der Waals surface area (Å²) < 4.78 is 0. The minimum absolute atomic E-state index is 0.406. The van der Waals surface area contributed by atoms with Crippen LogP contribution in [0.2, 0.25) is 0 Å². The fourth-order valence-electron chi connectivity index (χ4n) is 5.03. The quantitative estimate of drug-likeness (QED) is 0.468. The zero-order chi connectivity index (χ0) is 27.2. The lowest BCUT2D eigenvalue weighted by molar-refractivity contribution is 0.211. The molecule has 2 aliphatic heterocycles. The first-order valence-electron chi connectivity index (χ1n) is 13.3. The number of nitrogens with one attached hydrogen (secondary N) is 1. The zero-order valence-electron chi connectivity index (χ0n) is 22.4. The van der Waals surface area contributed by atoms with Gasteiger partial charge < -0.3 is 11.1 Å². The number of nitrogens with zero attached hydrogens (tertiary/aromatic N) is 7. The van der Waals surface area contributed by atoms with Crippen molar-refractivity contribution in [3.63, 3.8) is 0 Å². The molecule has 0 aliphatic carbocycles. The fraction of sp³-hybridized carbons (Fsp3) is 0.300. The van der Waals surface area contributed by atoms with Gasteiger partial charge in [-0.05, 0) is 61.2 Å². The van der Waals surface area contributed by atoms with E-state index in [4.69, 9.17) is 16.0 Å². The maximum absolute atomic E-state index is 8.93. The van der Waals surface area contributed by atoms with E-state index in [1.165, 1.54) is 5.56 Å². The Kier molecular flexibility index (Phi) is 7.94. The second kappa shape index (κ2) is 11.9. The van der Waals surface area contributed by atoms with Crippen molar-refractivity contribution < 1.29 is 0 Å². The number of hydrogen-bond acceptors (Lipinski definition) is 8. The van der Waals surface area contributed by atoms with E-state index >= 15 is 0 Å². The SMILES string of the molecule is CC/C=C1/N=C(c2cccnc2N)N(c2ccc(CN3CCC(Nc4ccc(C#N)nc4)CC3)cc2)C1=NC. The van der Waals surface area contributed by atoms with Crippen molar-refractivity contribution in [3.05, 3.63) is 89.5 Å². The Morgan fingerprint density at radius 3 is 2.56 bits per heavy atom. The highest BCUT2D eigenvalue weighted by molar-refractivity contribution is 6.34. The maximum atomic E-state index is 8.93. The van der Waals surface area contributed by atoms with Crippen molar-refractivity contribution in [1.29, 1.82) is 5.26 Å². The van der Waals surface area contributed by atoms with Gasteiger partial charge in [-0.2, -0.15) is 5.26 Å². The first kappa shape index (κ1) is 26.1. The average Bonchev–Trinajstić information content (AvgIpc) is 3.33. The predicted octanol–water partition coefficient (Wildman–Crippen LogP) is 4.60. The van der Waals surface area contributed by atoms with Crippen LogP contribution in [-0.4, -0.2) is 52.7 Å². The monoisotopic (exact) mass is 519 g/mol. The molecule has 0 atom stereocenters. The lowest BCUT2D eigenvalue weighted by Crippen LogP contribution is -2.38. The number of piperidine rings is 1.